The molecular weight excluding hydrogens is 378 g/mol. The van der Waals surface area contributed by atoms with E-state index in [1.165, 1.54) is 5.56 Å². The standard InChI is InChI=1S/C21H31N3O3.ClH/c1-15(2)17-6-4-8-19(12-17)27-16(3)21(26)23-10-5-7-18(14-23)24-11-9-22-13-20(24)25;/h4,6,8,12,15-16,18,22H,5,7,9-11,13-14H2,1-3H3;1H. The molecule has 0 radical (unpaired) electrons. The van der Waals surface area contributed by atoms with Gasteiger partial charge in [0.2, 0.25) is 5.91 Å². The van der Waals surface area contributed by atoms with Crippen molar-refractivity contribution in [3.63, 3.8) is 0 Å². The van der Waals surface area contributed by atoms with Crippen LogP contribution < -0.4 is 10.1 Å². The Kier molecular flexibility index (Phi) is 8.13. The molecule has 0 spiro atoms. The Morgan fingerprint density at radius 1 is 1.25 bits per heavy atom. The van der Waals surface area contributed by atoms with E-state index >= 15 is 0 Å². The normalized spacial score (nSPS) is 21.3. The zero-order valence-electron chi connectivity index (χ0n) is 17.0. The lowest BCUT2D eigenvalue weighted by molar-refractivity contribution is -0.144. The van der Waals surface area contributed by atoms with Crippen molar-refractivity contribution in [1.82, 2.24) is 15.1 Å². The summed E-state index contributed by atoms with van der Waals surface area (Å²) in [5.74, 6) is 1.28. The Morgan fingerprint density at radius 3 is 2.75 bits per heavy atom. The lowest BCUT2D eigenvalue weighted by Crippen LogP contribution is -2.58. The number of carbonyl (C=O) groups is 2. The largest absolute Gasteiger partial charge is 0.481 e. The monoisotopic (exact) mass is 409 g/mol. The highest BCUT2D eigenvalue weighted by atomic mass is 35.5. The van der Waals surface area contributed by atoms with E-state index in [9.17, 15) is 9.59 Å². The zero-order chi connectivity index (χ0) is 19.4. The Balaban J connectivity index is 0.00000280. The lowest BCUT2D eigenvalue weighted by atomic mass is 10.0. The molecule has 0 aliphatic carbocycles. The molecular formula is C21H32ClN3O3. The summed E-state index contributed by atoms with van der Waals surface area (Å²) in [7, 11) is 0. The summed E-state index contributed by atoms with van der Waals surface area (Å²) in [5.41, 5.74) is 1.20. The van der Waals surface area contributed by atoms with E-state index in [1.54, 1.807) is 0 Å². The SMILES string of the molecule is CC(Oc1cccc(C(C)C)c1)C(=O)N1CCCC(N2CCNCC2=O)C1.Cl. The number of nitrogens with one attached hydrogen (secondary N) is 1. The Hall–Kier alpha value is -1.79. The third-order valence-corrected chi connectivity index (χ3v) is 5.46. The molecule has 0 aromatic heterocycles. The number of amides is 2. The fraction of sp³-hybridized carbons (Fsp3) is 0.619. The Labute approximate surface area is 174 Å². The third kappa shape index (κ3) is 5.39. The Bertz CT molecular complexity index is 683. The predicted octanol–water partition coefficient (Wildman–Crippen LogP) is 2.42. The number of likely N-dealkylation sites (tertiary alicyclic amines) is 1. The van der Waals surface area contributed by atoms with E-state index in [-0.39, 0.29) is 30.3 Å². The number of piperazine rings is 1. The summed E-state index contributed by atoms with van der Waals surface area (Å²) in [5, 5.41) is 3.10. The maximum absolute atomic E-state index is 12.9. The molecule has 3 rings (SSSR count). The number of carbonyl (C=O) groups excluding carboxylic acids is 2. The van der Waals surface area contributed by atoms with Crippen molar-refractivity contribution in [3.05, 3.63) is 29.8 Å². The van der Waals surface area contributed by atoms with Crippen LogP contribution in [0.15, 0.2) is 24.3 Å². The van der Waals surface area contributed by atoms with Crippen LogP contribution in [0.3, 0.4) is 0 Å². The summed E-state index contributed by atoms with van der Waals surface area (Å²) >= 11 is 0. The van der Waals surface area contributed by atoms with Gasteiger partial charge in [0, 0.05) is 32.2 Å². The number of rotatable bonds is 5. The summed E-state index contributed by atoms with van der Waals surface area (Å²) < 4.78 is 5.94. The molecule has 2 fully saturated rings. The minimum Gasteiger partial charge on any atom is -0.481 e. The van der Waals surface area contributed by atoms with Gasteiger partial charge in [0.1, 0.15) is 5.75 Å². The molecule has 2 aliphatic rings. The fourth-order valence-corrected chi connectivity index (χ4v) is 3.88. The molecule has 2 amide bonds. The summed E-state index contributed by atoms with van der Waals surface area (Å²) in [6.07, 6.45) is 1.34. The van der Waals surface area contributed by atoms with Crippen LogP contribution in [-0.4, -0.2) is 66.5 Å². The average Bonchev–Trinajstić information content (AvgIpc) is 2.68. The minimum absolute atomic E-state index is 0. The van der Waals surface area contributed by atoms with Gasteiger partial charge < -0.3 is 19.9 Å². The topological polar surface area (TPSA) is 61.9 Å². The molecule has 1 aromatic carbocycles. The molecule has 2 atom stereocenters. The maximum atomic E-state index is 12.9. The smallest absolute Gasteiger partial charge is 0.263 e. The molecule has 2 saturated heterocycles. The van der Waals surface area contributed by atoms with Gasteiger partial charge in [-0.3, -0.25) is 9.59 Å². The number of hydrogen-bond donors (Lipinski definition) is 1. The highest BCUT2D eigenvalue weighted by Gasteiger charge is 2.33. The van der Waals surface area contributed by atoms with Crippen LogP contribution in [0.25, 0.3) is 0 Å². The van der Waals surface area contributed by atoms with E-state index in [0.717, 1.165) is 38.2 Å². The van der Waals surface area contributed by atoms with Crippen molar-refractivity contribution < 1.29 is 14.3 Å². The maximum Gasteiger partial charge on any atom is 0.263 e. The number of nitrogens with zero attached hydrogens (tertiary/aromatic N) is 2. The summed E-state index contributed by atoms with van der Waals surface area (Å²) in [4.78, 5) is 28.9. The first kappa shape index (κ1) is 22.5. The summed E-state index contributed by atoms with van der Waals surface area (Å²) in [6, 6.07) is 8.06. The molecule has 156 valence electrons. The van der Waals surface area contributed by atoms with Gasteiger partial charge >= 0.3 is 0 Å². The molecule has 2 heterocycles. The number of hydrogen-bond acceptors (Lipinski definition) is 4. The van der Waals surface area contributed by atoms with Gasteiger partial charge in [0.25, 0.3) is 5.91 Å². The first-order chi connectivity index (χ1) is 13.0. The molecule has 0 saturated carbocycles. The molecule has 0 bridgehead atoms. The molecule has 6 nitrogen and oxygen atoms in total. The van der Waals surface area contributed by atoms with Gasteiger partial charge in [-0.25, -0.2) is 0 Å². The zero-order valence-corrected chi connectivity index (χ0v) is 17.8. The van der Waals surface area contributed by atoms with Gasteiger partial charge in [0.15, 0.2) is 6.10 Å². The first-order valence-corrected chi connectivity index (χ1v) is 10.0. The van der Waals surface area contributed by atoms with Crippen molar-refractivity contribution in [2.24, 2.45) is 0 Å². The van der Waals surface area contributed by atoms with Crippen LogP contribution in [0.5, 0.6) is 5.75 Å². The molecule has 1 aromatic rings. The quantitative estimate of drug-likeness (QED) is 0.811. The van der Waals surface area contributed by atoms with Crippen LogP contribution >= 0.6 is 12.4 Å². The molecule has 1 N–H and O–H groups in total. The highest BCUT2D eigenvalue weighted by Crippen LogP contribution is 2.22. The van der Waals surface area contributed by atoms with Crippen LogP contribution in [0.2, 0.25) is 0 Å². The number of ether oxygens (including phenoxy) is 1. The predicted molar refractivity (Wildman–Crippen MR) is 112 cm³/mol. The Morgan fingerprint density at radius 2 is 2.04 bits per heavy atom. The second kappa shape index (κ2) is 10.1. The first-order valence-electron chi connectivity index (χ1n) is 10.0. The van der Waals surface area contributed by atoms with Gasteiger partial charge in [0.05, 0.1) is 6.54 Å². The van der Waals surface area contributed by atoms with Crippen LogP contribution in [0.1, 0.15) is 45.1 Å². The van der Waals surface area contributed by atoms with Crippen molar-refractivity contribution in [3.8, 4) is 5.75 Å². The number of halogens is 1. The van der Waals surface area contributed by atoms with Gasteiger partial charge in [-0.15, -0.1) is 12.4 Å². The third-order valence-electron chi connectivity index (χ3n) is 5.46. The van der Waals surface area contributed by atoms with Gasteiger partial charge in [-0.1, -0.05) is 26.0 Å². The van der Waals surface area contributed by atoms with Gasteiger partial charge in [-0.05, 0) is 43.4 Å². The lowest BCUT2D eigenvalue weighted by Gasteiger charge is -2.41. The average molecular weight is 410 g/mol. The molecule has 2 aliphatic heterocycles. The minimum atomic E-state index is -0.537. The number of piperidine rings is 1. The van der Waals surface area contributed by atoms with E-state index < -0.39 is 6.10 Å². The van der Waals surface area contributed by atoms with Crippen molar-refractivity contribution in [2.45, 2.75) is 51.7 Å². The highest BCUT2D eigenvalue weighted by molar-refractivity contribution is 5.85. The van der Waals surface area contributed by atoms with E-state index in [4.69, 9.17) is 4.74 Å². The number of benzene rings is 1. The van der Waals surface area contributed by atoms with Crippen LogP contribution in [0, 0.1) is 0 Å². The fourth-order valence-electron chi connectivity index (χ4n) is 3.88. The van der Waals surface area contributed by atoms with Crippen molar-refractivity contribution in [1.29, 1.82) is 0 Å². The second-order valence-corrected chi connectivity index (χ2v) is 7.83. The van der Waals surface area contributed by atoms with Crippen LogP contribution in [0.4, 0.5) is 0 Å². The van der Waals surface area contributed by atoms with E-state index in [0.29, 0.717) is 19.0 Å². The molecule has 28 heavy (non-hydrogen) atoms. The van der Waals surface area contributed by atoms with Gasteiger partial charge in [-0.2, -0.15) is 0 Å². The second-order valence-electron chi connectivity index (χ2n) is 7.83. The summed E-state index contributed by atoms with van der Waals surface area (Å²) in [6.45, 7) is 9.36. The molecule has 7 heteroatoms. The molecule has 2 unspecified atom stereocenters. The van der Waals surface area contributed by atoms with E-state index in [2.05, 4.69) is 25.2 Å². The van der Waals surface area contributed by atoms with Crippen molar-refractivity contribution >= 4 is 24.2 Å². The van der Waals surface area contributed by atoms with E-state index in [1.807, 2.05) is 34.9 Å². The van der Waals surface area contributed by atoms with Crippen molar-refractivity contribution in [2.75, 3.05) is 32.7 Å². The van der Waals surface area contributed by atoms with Crippen LogP contribution in [-0.2, 0) is 9.59 Å².